The fraction of sp³-hybridized carbons (Fsp3) is 0.310. The first-order chi connectivity index (χ1) is 20.3. The molecule has 1 aromatic carbocycles. The largest absolute Gasteiger partial charge is 0.480 e. The maximum atomic E-state index is 14.1. The van der Waals surface area contributed by atoms with Crippen LogP contribution >= 0.6 is 11.3 Å². The van der Waals surface area contributed by atoms with Crippen molar-refractivity contribution in [2.45, 2.75) is 28.8 Å². The number of ether oxygens (including phenoxy) is 1. The smallest absolute Gasteiger partial charge is 0.326 e. The highest BCUT2D eigenvalue weighted by atomic mass is 32.2. The van der Waals surface area contributed by atoms with Crippen LogP contribution in [0.4, 0.5) is 5.82 Å². The topological polar surface area (TPSA) is 161 Å². The van der Waals surface area contributed by atoms with Gasteiger partial charge in [-0.05, 0) is 36.2 Å². The van der Waals surface area contributed by atoms with Gasteiger partial charge in [0.25, 0.3) is 0 Å². The highest BCUT2D eigenvalue weighted by Gasteiger charge is 2.45. The lowest BCUT2D eigenvalue weighted by atomic mass is 10.0. The van der Waals surface area contributed by atoms with E-state index in [4.69, 9.17) is 10.5 Å². The van der Waals surface area contributed by atoms with Gasteiger partial charge in [0.2, 0.25) is 9.84 Å². The first kappa shape index (κ1) is 29.7. The Kier molecular flexibility index (Phi) is 9.24. The predicted octanol–water partition coefficient (Wildman–Crippen LogP) is 3.02. The lowest BCUT2D eigenvalue weighted by Gasteiger charge is -2.29. The zero-order valence-corrected chi connectivity index (χ0v) is 24.4. The van der Waals surface area contributed by atoms with Gasteiger partial charge in [0.1, 0.15) is 16.9 Å². The molecule has 0 spiro atoms. The zero-order chi connectivity index (χ0) is 29.6. The molecule has 2 atom stereocenters. The maximum Gasteiger partial charge on any atom is 0.326 e. The Hall–Kier alpha value is -3.75. The predicted molar refractivity (Wildman–Crippen MR) is 160 cm³/mol. The molecule has 0 bridgehead atoms. The Morgan fingerprint density at radius 1 is 1.07 bits per heavy atom. The summed E-state index contributed by atoms with van der Waals surface area (Å²) in [5.41, 5.74) is 8.50. The molecule has 42 heavy (non-hydrogen) atoms. The number of nitrogens with one attached hydrogen (secondary N) is 1. The Morgan fingerprint density at radius 2 is 1.86 bits per heavy atom. The fourth-order valence-electron chi connectivity index (χ4n) is 4.77. The highest BCUT2D eigenvalue weighted by Crippen LogP contribution is 2.34. The monoisotopic (exact) mass is 608 g/mol. The van der Waals surface area contributed by atoms with E-state index in [0.717, 1.165) is 23.7 Å². The quantitative estimate of drug-likeness (QED) is 0.217. The summed E-state index contributed by atoms with van der Waals surface area (Å²) in [6.07, 6.45) is 3.35. The summed E-state index contributed by atoms with van der Waals surface area (Å²) >= 11 is 1.51. The Bertz CT molecular complexity index is 1580. The van der Waals surface area contributed by atoms with Crippen LogP contribution in [-0.2, 0) is 30.7 Å². The van der Waals surface area contributed by atoms with E-state index in [9.17, 15) is 18.3 Å². The number of anilines is 1. The molecule has 4 aromatic rings. The summed E-state index contributed by atoms with van der Waals surface area (Å²) in [5, 5.41) is 15.4. The van der Waals surface area contributed by atoms with Crippen molar-refractivity contribution in [3.63, 3.8) is 0 Å². The second kappa shape index (κ2) is 13.0. The third-order valence-corrected chi connectivity index (χ3v) is 10.1. The van der Waals surface area contributed by atoms with Gasteiger partial charge in [-0.3, -0.25) is 4.90 Å². The van der Waals surface area contributed by atoms with E-state index >= 15 is 0 Å². The van der Waals surface area contributed by atoms with Gasteiger partial charge in [-0.2, -0.15) is 0 Å². The number of sulfone groups is 1. The number of morpholine rings is 1. The molecule has 0 aliphatic carbocycles. The van der Waals surface area contributed by atoms with Crippen LogP contribution in [-0.4, -0.2) is 78.2 Å². The molecule has 0 radical (unpaired) electrons. The van der Waals surface area contributed by atoms with E-state index in [-0.39, 0.29) is 23.0 Å². The number of pyridine rings is 2. The van der Waals surface area contributed by atoms with Crippen molar-refractivity contribution in [1.82, 2.24) is 19.9 Å². The van der Waals surface area contributed by atoms with Crippen molar-refractivity contribution in [1.29, 1.82) is 0 Å². The second-order valence-corrected chi connectivity index (χ2v) is 13.0. The number of carbonyl (C=O) groups is 1. The molecule has 11 nitrogen and oxygen atoms in total. The van der Waals surface area contributed by atoms with Crippen LogP contribution in [0.1, 0.15) is 17.7 Å². The normalized spacial score (nSPS) is 16.4. The third-order valence-electron chi connectivity index (χ3n) is 7.13. The summed E-state index contributed by atoms with van der Waals surface area (Å²) in [6, 6.07) is 15.8. The molecule has 4 heterocycles. The number of carboxylic acid groups (broad SMARTS) is 1. The van der Waals surface area contributed by atoms with Crippen LogP contribution in [0.25, 0.3) is 10.6 Å². The number of aliphatic carboxylic acids is 1. The molecule has 3 aromatic heterocycles. The van der Waals surface area contributed by atoms with Crippen LogP contribution < -0.4 is 11.1 Å². The number of carboxylic acids is 1. The summed E-state index contributed by atoms with van der Waals surface area (Å²) in [5.74, 6) is -0.817. The number of benzene rings is 1. The molecule has 1 saturated heterocycles. The van der Waals surface area contributed by atoms with Gasteiger partial charge in [0.15, 0.2) is 9.90 Å². The summed E-state index contributed by atoms with van der Waals surface area (Å²) < 4.78 is 33.5. The highest BCUT2D eigenvalue weighted by molar-refractivity contribution is 7.92. The zero-order valence-electron chi connectivity index (χ0n) is 22.8. The van der Waals surface area contributed by atoms with Crippen molar-refractivity contribution in [3.05, 3.63) is 89.7 Å². The SMILES string of the molecule is NC(Cc1ccc(-c2nccs2)cc1)(c1cccc(NC(CCN2CCOCC2)C(=O)O)n1)S(=O)(=O)c1ccccn1. The van der Waals surface area contributed by atoms with Crippen molar-refractivity contribution in [2.75, 3.05) is 38.2 Å². The van der Waals surface area contributed by atoms with E-state index in [1.807, 2.05) is 29.6 Å². The van der Waals surface area contributed by atoms with Gasteiger partial charge in [0, 0.05) is 49.4 Å². The van der Waals surface area contributed by atoms with Crippen LogP contribution in [0.15, 0.2) is 83.5 Å². The first-order valence-corrected chi connectivity index (χ1v) is 15.8. The van der Waals surface area contributed by atoms with Gasteiger partial charge < -0.3 is 20.9 Å². The molecule has 0 amide bonds. The molecular weight excluding hydrogens is 576 g/mol. The second-order valence-electron chi connectivity index (χ2n) is 9.96. The van der Waals surface area contributed by atoms with Crippen LogP contribution in [0.5, 0.6) is 0 Å². The minimum Gasteiger partial charge on any atom is -0.480 e. The van der Waals surface area contributed by atoms with Crippen molar-refractivity contribution < 1.29 is 23.1 Å². The minimum atomic E-state index is -4.26. The molecule has 1 fully saturated rings. The molecule has 2 unspecified atom stereocenters. The first-order valence-electron chi connectivity index (χ1n) is 13.5. The summed E-state index contributed by atoms with van der Waals surface area (Å²) in [7, 11) is -4.26. The number of hydrogen-bond acceptors (Lipinski definition) is 11. The standard InChI is InChI=1S/C29H32N6O5S2/c30-29(42(38,39)26-6-1-2-12-31-26,20-21-7-9-22(10-8-21)27-32-13-19-41-27)24-4-3-5-25(34-24)33-23(28(36)37)11-14-35-15-17-40-18-16-35/h1-10,12-13,19,23H,11,14-18,20,30H2,(H,33,34)(H,36,37). The summed E-state index contributed by atoms with van der Waals surface area (Å²) in [4.78, 5) is 25.2. The van der Waals surface area contributed by atoms with Crippen LogP contribution in [0.2, 0.25) is 0 Å². The summed E-state index contributed by atoms with van der Waals surface area (Å²) in [6.45, 7) is 3.29. The van der Waals surface area contributed by atoms with Crippen LogP contribution in [0.3, 0.4) is 0 Å². The van der Waals surface area contributed by atoms with Gasteiger partial charge >= 0.3 is 5.97 Å². The number of nitrogens with zero attached hydrogens (tertiary/aromatic N) is 4. The van der Waals surface area contributed by atoms with E-state index in [1.54, 1.807) is 36.5 Å². The van der Waals surface area contributed by atoms with Gasteiger partial charge in [0.05, 0.1) is 18.9 Å². The molecule has 1 aliphatic rings. The van der Waals surface area contributed by atoms with E-state index in [2.05, 4.69) is 25.2 Å². The lowest BCUT2D eigenvalue weighted by molar-refractivity contribution is -0.138. The van der Waals surface area contributed by atoms with Gasteiger partial charge in [-0.25, -0.2) is 28.2 Å². The fourth-order valence-corrected chi connectivity index (χ4v) is 6.99. The Labute approximate surface area is 248 Å². The molecule has 220 valence electrons. The molecular formula is C29H32N6O5S2. The molecule has 4 N–H and O–H groups in total. The number of hydrogen-bond donors (Lipinski definition) is 3. The van der Waals surface area contributed by atoms with Crippen LogP contribution in [0, 0.1) is 0 Å². The molecule has 0 saturated carbocycles. The molecule has 13 heteroatoms. The maximum absolute atomic E-state index is 14.1. The Morgan fingerprint density at radius 3 is 2.52 bits per heavy atom. The van der Waals surface area contributed by atoms with Crippen molar-refractivity contribution >= 4 is 33.0 Å². The number of aromatic nitrogens is 3. The van der Waals surface area contributed by atoms with E-state index < -0.39 is 26.7 Å². The van der Waals surface area contributed by atoms with Gasteiger partial charge in [-0.1, -0.05) is 36.4 Å². The lowest BCUT2D eigenvalue weighted by Crippen LogP contribution is -2.48. The Balaban J connectivity index is 1.45. The molecule has 1 aliphatic heterocycles. The van der Waals surface area contributed by atoms with E-state index in [1.165, 1.54) is 23.6 Å². The van der Waals surface area contributed by atoms with Crippen molar-refractivity contribution in [2.24, 2.45) is 5.73 Å². The number of rotatable bonds is 12. The average Bonchev–Trinajstić information content (AvgIpc) is 3.56. The average molecular weight is 609 g/mol. The number of nitrogens with two attached hydrogens (primary N) is 1. The third kappa shape index (κ3) is 6.66. The minimum absolute atomic E-state index is 0.0690. The number of thiazole rings is 1. The molecule has 5 rings (SSSR count). The van der Waals surface area contributed by atoms with Crippen molar-refractivity contribution in [3.8, 4) is 10.6 Å². The van der Waals surface area contributed by atoms with Gasteiger partial charge in [-0.15, -0.1) is 11.3 Å². The van der Waals surface area contributed by atoms with E-state index in [0.29, 0.717) is 31.7 Å².